The van der Waals surface area contributed by atoms with Crippen LogP contribution < -0.4 is 11.1 Å². The second-order valence-electron chi connectivity index (χ2n) is 7.10. The number of likely N-dealkylation sites (tertiary alicyclic amines) is 1. The lowest BCUT2D eigenvalue weighted by Gasteiger charge is -2.25. The highest BCUT2D eigenvalue weighted by Gasteiger charge is 2.36. The number of alkyl halides is 3. The van der Waals surface area contributed by atoms with Crippen LogP contribution in [0.1, 0.15) is 60.6 Å². The first-order valence-electron chi connectivity index (χ1n) is 9.05. The molecule has 144 valence electrons. The van der Waals surface area contributed by atoms with Crippen molar-refractivity contribution in [3.63, 3.8) is 0 Å². The molecule has 3 rings (SSSR count). The Bertz CT molecular complexity index is 646. The third kappa shape index (κ3) is 4.63. The predicted octanol–water partition coefficient (Wildman–Crippen LogP) is 2.47. The molecule has 2 heterocycles. The van der Waals surface area contributed by atoms with Gasteiger partial charge >= 0.3 is 6.18 Å². The van der Waals surface area contributed by atoms with Crippen molar-refractivity contribution in [2.24, 2.45) is 0 Å². The van der Waals surface area contributed by atoms with Gasteiger partial charge in [0.2, 0.25) is 0 Å². The summed E-state index contributed by atoms with van der Waals surface area (Å²) in [7, 11) is 0. The van der Waals surface area contributed by atoms with Gasteiger partial charge in [0.15, 0.2) is 0 Å². The summed E-state index contributed by atoms with van der Waals surface area (Å²) in [5.41, 5.74) is 6.09. The van der Waals surface area contributed by atoms with Gasteiger partial charge in [0, 0.05) is 24.7 Å². The zero-order valence-electron chi connectivity index (χ0n) is 14.6. The van der Waals surface area contributed by atoms with Crippen molar-refractivity contribution in [3.05, 3.63) is 17.6 Å². The lowest BCUT2D eigenvalue weighted by molar-refractivity contribution is -0.147. The van der Waals surface area contributed by atoms with E-state index in [-0.39, 0.29) is 24.0 Å². The summed E-state index contributed by atoms with van der Waals surface area (Å²) in [6.07, 6.45) is 2.86. The monoisotopic (exact) mass is 371 g/mol. The third-order valence-electron chi connectivity index (χ3n) is 5.18. The topological polar surface area (TPSA) is 84.1 Å². The fourth-order valence-electron chi connectivity index (χ4n) is 3.84. The summed E-state index contributed by atoms with van der Waals surface area (Å²) in [4.78, 5) is 22.2. The smallest absolute Gasteiger partial charge is 0.383 e. The zero-order chi connectivity index (χ0) is 18.7. The van der Waals surface area contributed by atoms with Crippen LogP contribution in [0.3, 0.4) is 0 Å². The van der Waals surface area contributed by atoms with Crippen LogP contribution in [-0.4, -0.2) is 52.6 Å². The van der Waals surface area contributed by atoms with Crippen molar-refractivity contribution in [1.82, 2.24) is 20.2 Å². The highest BCUT2D eigenvalue weighted by Crippen LogP contribution is 2.32. The van der Waals surface area contributed by atoms with Crippen LogP contribution in [0, 0.1) is 0 Å². The SMILES string of the molecule is Nc1nc(C2CCCC2)ncc1C(=O)NCC1CCCN1CC(F)(F)F. The first kappa shape index (κ1) is 18.9. The van der Waals surface area contributed by atoms with E-state index in [1.54, 1.807) is 0 Å². The number of hydrogen-bond donors (Lipinski definition) is 2. The van der Waals surface area contributed by atoms with Gasteiger partial charge in [-0.05, 0) is 32.2 Å². The minimum Gasteiger partial charge on any atom is -0.383 e. The number of carbonyl (C=O) groups excluding carboxylic acids is 1. The van der Waals surface area contributed by atoms with Crippen molar-refractivity contribution in [1.29, 1.82) is 0 Å². The van der Waals surface area contributed by atoms with Gasteiger partial charge in [-0.2, -0.15) is 13.2 Å². The van der Waals surface area contributed by atoms with Crippen molar-refractivity contribution in [2.45, 2.75) is 56.7 Å². The number of nitrogens with zero attached hydrogens (tertiary/aromatic N) is 3. The molecule has 1 unspecified atom stereocenters. The Balaban J connectivity index is 1.57. The van der Waals surface area contributed by atoms with Gasteiger partial charge in [-0.3, -0.25) is 9.69 Å². The summed E-state index contributed by atoms with van der Waals surface area (Å²) in [6.45, 7) is -0.408. The summed E-state index contributed by atoms with van der Waals surface area (Å²) < 4.78 is 37.8. The Morgan fingerprint density at radius 3 is 2.65 bits per heavy atom. The molecule has 1 saturated heterocycles. The standard InChI is InChI=1S/C17H24F3N5O/c18-17(19,20)10-25-7-3-6-12(25)8-23-16(26)13-9-22-15(24-14(13)21)11-4-1-2-5-11/h9,11-12H,1-8,10H2,(H,23,26)(H2,21,22,24). The number of halogens is 3. The predicted molar refractivity (Wildman–Crippen MR) is 90.6 cm³/mol. The fourth-order valence-corrected chi connectivity index (χ4v) is 3.84. The number of aromatic nitrogens is 2. The molecule has 1 aromatic heterocycles. The van der Waals surface area contributed by atoms with E-state index in [1.807, 2.05) is 0 Å². The number of amides is 1. The normalized spacial score (nSPS) is 22.0. The number of nitrogen functional groups attached to an aromatic ring is 1. The van der Waals surface area contributed by atoms with Gasteiger partial charge < -0.3 is 11.1 Å². The Morgan fingerprint density at radius 2 is 2.00 bits per heavy atom. The van der Waals surface area contributed by atoms with Crippen LogP contribution in [-0.2, 0) is 0 Å². The van der Waals surface area contributed by atoms with Gasteiger partial charge in [0.25, 0.3) is 5.91 Å². The van der Waals surface area contributed by atoms with E-state index < -0.39 is 18.6 Å². The number of nitrogens with two attached hydrogens (primary N) is 1. The summed E-state index contributed by atoms with van der Waals surface area (Å²) in [5, 5.41) is 2.68. The second-order valence-corrected chi connectivity index (χ2v) is 7.10. The van der Waals surface area contributed by atoms with E-state index in [9.17, 15) is 18.0 Å². The molecular formula is C17H24F3N5O. The van der Waals surface area contributed by atoms with E-state index in [4.69, 9.17) is 5.73 Å². The minimum absolute atomic E-state index is 0.123. The maximum absolute atomic E-state index is 12.6. The molecule has 0 bridgehead atoms. The zero-order valence-corrected chi connectivity index (χ0v) is 14.6. The summed E-state index contributed by atoms with van der Waals surface area (Å²) in [5.74, 6) is 0.643. The molecule has 1 atom stereocenters. The Hall–Kier alpha value is -1.90. The molecule has 0 radical (unpaired) electrons. The molecule has 0 spiro atoms. The van der Waals surface area contributed by atoms with Gasteiger partial charge in [0.05, 0.1) is 12.1 Å². The van der Waals surface area contributed by atoms with Crippen molar-refractivity contribution < 1.29 is 18.0 Å². The van der Waals surface area contributed by atoms with E-state index in [0.717, 1.165) is 25.7 Å². The quantitative estimate of drug-likeness (QED) is 0.831. The largest absolute Gasteiger partial charge is 0.401 e. The van der Waals surface area contributed by atoms with Crippen LogP contribution in [0.25, 0.3) is 0 Å². The minimum atomic E-state index is -4.24. The summed E-state index contributed by atoms with van der Waals surface area (Å²) >= 11 is 0. The average molecular weight is 371 g/mol. The molecule has 1 saturated carbocycles. The maximum Gasteiger partial charge on any atom is 0.401 e. The van der Waals surface area contributed by atoms with Crippen LogP contribution in [0.5, 0.6) is 0 Å². The third-order valence-corrected chi connectivity index (χ3v) is 5.18. The average Bonchev–Trinajstić information content (AvgIpc) is 3.23. The Kier molecular flexibility index (Phi) is 5.64. The maximum atomic E-state index is 12.6. The van der Waals surface area contributed by atoms with Gasteiger partial charge in [-0.15, -0.1) is 0 Å². The van der Waals surface area contributed by atoms with Crippen molar-refractivity contribution >= 4 is 11.7 Å². The van der Waals surface area contributed by atoms with E-state index >= 15 is 0 Å². The van der Waals surface area contributed by atoms with E-state index in [0.29, 0.717) is 31.1 Å². The summed E-state index contributed by atoms with van der Waals surface area (Å²) in [6, 6.07) is -0.319. The molecule has 6 nitrogen and oxygen atoms in total. The highest BCUT2D eigenvalue weighted by molar-refractivity contribution is 5.97. The second kappa shape index (κ2) is 7.77. The number of rotatable bonds is 5. The molecule has 1 aliphatic carbocycles. The van der Waals surface area contributed by atoms with Crippen LogP contribution in [0.4, 0.5) is 19.0 Å². The molecular weight excluding hydrogens is 347 g/mol. The van der Waals surface area contributed by atoms with Gasteiger partial charge in [0.1, 0.15) is 11.6 Å². The molecule has 1 aliphatic heterocycles. The van der Waals surface area contributed by atoms with Crippen LogP contribution in [0.15, 0.2) is 6.20 Å². The Morgan fingerprint density at radius 1 is 1.27 bits per heavy atom. The van der Waals surface area contributed by atoms with Crippen molar-refractivity contribution in [3.8, 4) is 0 Å². The molecule has 2 aliphatic rings. The molecule has 2 fully saturated rings. The van der Waals surface area contributed by atoms with Crippen LogP contribution >= 0.6 is 0 Å². The number of anilines is 1. The van der Waals surface area contributed by atoms with E-state index in [2.05, 4.69) is 15.3 Å². The lowest BCUT2D eigenvalue weighted by Crippen LogP contribution is -2.44. The lowest BCUT2D eigenvalue weighted by atomic mass is 10.1. The molecule has 9 heteroatoms. The van der Waals surface area contributed by atoms with Gasteiger partial charge in [-0.1, -0.05) is 12.8 Å². The fraction of sp³-hybridized carbons (Fsp3) is 0.706. The number of hydrogen-bond acceptors (Lipinski definition) is 5. The Labute approximate surface area is 150 Å². The molecule has 1 amide bonds. The van der Waals surface area contributed by atoms with Crippen molar-refractivity contribution in [2.75, 3.05) is 25.4 Å². The van der Waals surface area contributed by atoms with Crippen LogP contribution in [0.2, 0.25) is 0 Å². The molecule has 1 aromatic rings. The molecule has 0 aromatic carbocycles. The molecule has 26 heavy (non-hydrogen) atoms. The first-order chi connectivity index (χ1) is 12.3. The number of nitrogens with one attached hydrogen (secondary N) is 1. The highest BCUT2D eigenvalue weighted by atomic mass is 19.4. The molecule has 3 N–H and O–H groups in total. The van der Waals surface area contributed by atoms with E-state index in [1.165, 1.54) is 11.1 Å². The number of carbonyl (C=O) groups is 1. The van der Waals surface area contributed by atoms with Gasteiger partial charge in [-0.25, -0.2) is 9.97 Å². The first-order valence-corrected chi connectivity index (χ1v) is 9.05.